The van der Waals surface area contributed by atoms with Crippen LogP contribution in [0.2, 0.25) is 0 Å². The van der Waals surface area contributed by atoms with E-state index in [0.717, 1.165) is 12.6 Å². The molecule has 1 heterocycles. The van der Waals surface area contributed by atoms with E-state index in [2.05, 4.69) is 37.9 Å². The summed E-state index contributed by atoms with van der Waals surface area (Å²) in [5, 5.41) is 3.68. The summed E-state index contributed by atoms with van der Waals surface area (Å²) in [5.74, 6) is 0. The van der Waals surface area contributed by atoms with E-state index in [1.54, 1.807) is 0 Å². The van der Waals surface area contributed by atoms with Crippen LogP contribution in [0.4, 0.5) is 0 Å². The highest BCUT2D eigenvalue weighted by Crippen LogP contribution is 2.20. The lowest BCUT2D eigenvalue weighted by atomic mass is 9.98. The molecule has 0 bridgehead atoms. The average molecular weight is 240 g/mol. The molecule has 1 saturated heterocycles. The van der Waals surface area contributed by atoms with E-state index in [1.165, 1.54) is 51.6 Å². The van der Waals surface area contributed by atoms with Gasteiger partial charge < -0.3 is 5.32 Å². The summed E-state index contributed by atoms with van der Waals surface area (Å²) in [7, 11) is 0. The topological polar surface area (TPSA) is 15.3 Å². The summed E-state index contributed by atoms with van der Waals surface area (Å²) >= 11 is 0. The molecule has 1 rings (SSSR count). The third-order valence-corrected chi connectivity index (χ3v) is 4.26. The molecule has 2 heteroatoms. The van der Waals surface area contributed by atoms with Crippen LogP contribution in [0.25, 0.3) is 0 Å². The molecule has 0 saturated carbocycles. The van der Waals surface area contributed by atoms with Crippen molar-refractivity contribution in [3.05, 3.63) is 0 Å². The summed E-state index contributed by atoms with van der Waals surface area (Å²) in [6.07, 6.45) is 8.18. The van der Waals surface area contributed by atoms with Crippen LogP contribution in [0.1, 0.15) is 66.2 Å². The van der Waals surface area contributed by atoms with Gasteiger partial charge in [-0.25, -0.2) is 0 Å². The second-order valence-electron chi connectivity index (χ2n) is 6.14. The van der Waals surface area contributed by atoms with Crippen molar-refractivity contribution in [3.8, 4) is 0 Å². The quantitative estimate of drug-likeness (QED) is 0.733. The maximum atomic E-state index is 3.68. The molecule has 1 aliphatic heterocycles. The van der Waals surface area contributed by atoms with Crippen LogP contribution in [0.3, 0.4) is 0 Å². The molecule has 17 heavy (non-hydrogen) atoms. The first kappa shape index (κ1) is 15.0. The van der Waals surface area contributed by atoms with E-state index in [4.69, 9.17) is 0 Å². The van der Waals surface area contributed by atoms with Gasteiger partial charge in [-0.3, -0.25) is 4.90 Å². The number of piperidine rings is 1. The zero-order valence-electron chi connectivity index (χ0n) is 12.4. The molecule has 0 aromatic rings. The number of hydrogen-bond acceptors (Lipinski definition) is 2. The van der Waals surface area contributed by atoms with Gasteiger partial charge in [0.1, 0.15) is 0 Å². The van der Waals surface area contributed by atoms with Crippen molar-refractivity contribution in [1.29, 1.82) is 0 Å². The van der Waals surface area contributed by atoms with E-state index < -0.39 is 0 Å². The summed E-state index contributed by atoms with van der Waals surface area (Å²) < 4.78 is 0. The van der Waals surface area contributed by atoms with Crippen molar-refractivity contribution in [2.45, 2.75) is 77.8 Å². The van der Waals surface area contributed by atoms with Gasteiger partial charge in [-0.1, -0.05) is 26.7 Å². The van der Waals surface area contributed by atoms with E-state index in [9.17, 15) is 0 Å². The Bertz CT molecular complexity index is 199. The second kappa shape index (κ2) is 7.38. The van der Waals surface area contributed by atoms with Crippen molar-refractivity contribution in [2.75, 3.05) is 19.6 Å². The molecule has 1 fully saturated rings. The SMILES string of the molecule is CCCC1CCCCN1CCNC(C)(C)CC. The van der Waals surface area contributed by atoms with Crippen LogP contribution in [0.5, 0.6) is 0 Å². The molecule has 1 atom stereocenters. The third kappa shape index (κ3) is 5.39. The predicted octanol–water partition coefficient (Wildman–Crippen LogP) is 3.42. The lowest BCUT2D eigenvalue weighted by Gasteiger charge is -2.36. The fourth-order valence-electron chi connectivity index (χ4n) is 2.68. The molecule has 1 N–H and O–H groups in total. The van der Waals surface area contributed by atoms with Crippen molar-refractivity contribution in [2.24, 2.45) is 0 Å². The van der Waals surface area contributed by atoms with Gasteiger partial charge in [0.2, 0.25) is 0 Å². The molecule has 1 unspecified atom stereocenters. The fourth-order valence-corrected chi connectivity index (χ4v) is 2.68. The molecule has 0 aliphatic carbocycles. The van der Waals surface area contributed by atoms with Crippen molar-refractivity contribution in [3.63, 3.8) is 0 Å². The summed E-state index contributed by atoms with van der Waals surface area (Å²) in [6, 6.07) is 0.861. The summed E-state index contributed by atoms with van der Waals surface area (Å²) in [4.78, 5) is 2.71. The smallest absolute Gasteiger partial charge is 0.0123 e. The number of nitrogens with zero attached hydrogens (tertiary/aromatic N) is 1. The van der Waals surface area contributed by atoms with Crippen LogP contribution in [0, 0.1) is 0 Å². The Morgan fingerprint density at radius 2 is 2.00 bits per heavy atom. The first-order valence-corrected chi connectivity index (χ1v) is 7.58. The number of nitrogens with one attached hydrogen (secondary N) is 1. The normalized spacial score (nSPS) is 22.9. The van der Waals surface area contributed by atoms with Gasteiger partial charge in [-0.2, -0.15) is 0 Å². The Kier molecular flexibility index (Phi) is 6.50. The predicted molar refractivity (Wildman–Crippen MR) is 76.5 cm³/mol. The molecule has 0 aromatic heterocycles. The highest BCUT2D eigenvalue weighted by molar-refractivity contribution is 4.80. The number of likely N-dealkylation sites (tertiary alicyclic amines) is 1. The molecule has 0 aromatic carbocycles. The first-order valence-electron chi connectivity index (χ1n) is 7.58. The minimum Gasteiger partial charge on any atom is -0.311 e. The highest BCUT2D eigenvalue weighted by Gasteiger charge is 2.21. The van der Waals surface area contributed by atoms with E-state index in [0.29, 0.717) is 5.54 Å². The van der Waals surface area contributed by atoms with Crippen LogP contribution >= 0.6 is 0 Å². The standard InChI is InChI=1S/C15H32N2/c1-5-9-14-10-7-8-12-17(14)13-11-16-15(3,4)6-2/h14,16H,5-13H2,1-4H3. The van der Waals surface area contributed by atoms with Crippen LogP contribution < -0.4 is 5.32 Å². The van der Waals surface area contributed by atoms with Gasteiger partial charge >= 0.3 is 0 Å². The third-order valence-electron chi connectivity index (χ3n) is 4.26. The Morgan fingerprint density at radius 3 is 2.65 bits per heavy atom. The summed E-state index contributed by atoms with van der Waals surface area (Å²) in [6.45, 7) is 12.9. The van der Waals surface area contributed by atoms with Gasteiger partial charge in [0, 0.05) is 24.7 Å². The highest BCUT2D eigenvalue weighted by atomic mass is 15.2. The van der Waals surface area contributed by atoms with Crippen LogP contribution in [-0.4, -0.2) is 36.1 Å². The maximum Gasteiger partial charge on any atom is 0.0123 e. The fraction of sp³-hybridized carbons (Fsp3) is 1.00. The minimum atomic E-state index is 0.302. The van der Waals surface area contributed by atoms with Gasteiger partial charge in [-0.05, 0) is 46.1 Å². The molecule has 0 amide bonds. The Balaban J connectivity index is 2.28. The number of rotatable bonds is 7. The monoisotopic (exact) mass is 240 g/mol. The van der Waals surface area contributed by atoms with Crippen molar-refractivity contribution < 1.29 is 0 Å². The average Bonchev–Trinajstić information content (AvgIpc) is 2.31. The van der Waals surface area contributed by atoms with Crippen molar-refractivity contribution >= 4 is 0 Å². The molecular weight excluding hydrogens is 208 g/mol. The Labute approximate surface area is 108 Å². The molecule has 0 radical (unpaired) electrons. The lowest BCUT2D eigenvalue weighted by Crippen LogP contribution is -2.47. The van der Waals surface area contributed by atoms with Crippen molar-refractivity contribution in [1.82, 2.24) is 10.2 Å². The van der Waals surface area contributed by atoms with Crippen LogP contribution in [-0.2, 0) is 0 Å². The Hall–Kier alpha value is -0.0800. The molecule has 2 nitrogen and oxygen atoms in total. The largest absolute Gasteiger partial charge is 0.311 e. The van der Waals surface area contributed by atoms with Gasteiger partial charge in [0.15, 0.2) is 0 Å². The molecule has 0 spiro atoms. The molecular formula is C15H32N2. The van der Waals surface area contributed by atoms with Gasteiger partial charge in [0.05, 0.1) is 0 Å². The minimum absolute atomic E-state index is 0.302. The molecule has 102 valence electrons. The second-order valence-corrected chi connectivity index (χ2v) is 6.14. The van der Waals surface area contributed by atoms with E-state index >= 15 is 0 Å². The van der Waals surface area contributed by atoms with E-state index in [-0.39, 0.29) is 0 Å². The van der Waals surface area contributed by atoms with Gasteiger partial charge in [0.25, 0.3) is 0 Å². The molecule has 1 aliphatic rings. The zero-order valence-corrected chi connectivity index (χ0v) is 12.4. The summed E-state index contributed by atoms with van der Waals surface area (Å²) in [5.41, 5.74) is 0.302. The van der Waals surface area contributed by atoms with Gasteiger partial charge in [-0.15, -0.1) is 0 Å². The maximum absolute atomic E-state index is 3.68. The van der Waals surface area contributed by atoms with Crippen LogP contribution in [0.15, 0.2) is 0 Å². The van der Waals surface area contributed by atoms with E-state index in [1.807, 2.05) is 0 Å². The zero-order chi connectivity index (χ0) is 12.7. The Morgan fingerprint density at radius 1 is 1.24 bits per heavy atom. The first-order chi connectivity index (χ1) is 8.09. The number of hydrogen-bond donors (Lipinski definition) is 1. The lowest BCUT2D eigenvalue weighted by molar-refractivity contribution is 0.136.